The molecular formula is C28H50O13S4Si. The number of hydrogen-bond donors (Lipinski definition) is 3. The molecule has 0 rings (SSSR count). The highest BCUT2D eigenvalue weighted by molar-refractivity contribution is 8.13. The van der Waals surface area contributed by atoms with Gasteiger partial charge in [-0.3, -0.25) is 24.0 Å². The zero-order valence-corrected chi connectivity index (χ0v) is 31.5. The lowest BCUT2D eigenvalue weighted by atomic mass is 9.92. The third kappa shape index (κ3) is 21.8. The third-order valence-electron chi connectivity index (χ3n) is 6.29. The molecule has 0 aromatic carbocycles. The van der Waals surface area contributed by atoms with Crippen LogP contribution >= 0.6 is 49.6 Å². The normalized spacial score (nSPS) is 11.6. The van der Waals surface area contributed by atoms with Crippen LogP contribution in [0.5, 0.6) is 0 Å². The summed E-state index contributed by atoms with van der Waals surface area (Å²) in [5, 5.41) is -0.0569. The van der Waals surface area contributed by atoms with Gasteiger partial charge in [-0.15, -0.1) is 0 Å². The van der Waals surface area contributed by atoms with Crippen LogP contribution in [-0.2, 0) is 60.9 Å². The topological polar surface area (TPSA) is 159 Å². The van der Waals surface area contributed by atoms with Crippen molar-refractivity contribution in [3.8, 4) is 0 Å². The fourth-order valence-corrected chi connectivity index (χ4v) is 6.76. The Labute approximate surface area is 294 Å². The van der Waals surface area contributed by atoms with Crippen LogP contribution < -0.4 is 0 Å². The summed E-state index contributed by atoms with van der Waals surface area (Å²) in [7, 11) is 1.94. The lowest BCUT2D eigenvalue weighted by Gasteiger charge is -2.32. The number of hydrogen-bond acceptors (Lipinski definition) is 17. The highest BCUT2D eigenvalue weighted by Gasteiger charge is 2.37. The van der Waals surface area contributed by atoms with Crippen LogP contribution in [0, 0.1) is 5.41 Å². The molecule has 0 atom stereocenters. The average molecular weight is 751 g/mol. The maximum Gasteiger partial charge on any atom is 0.500 e. The summed E-state index contributed by atoms with van der Waals surface area (Å²) in [5.41, 5.74) is -1.22. The van der Waals surface area contributed by atoms with E-state index in [1.165, 1.54) is 21.3 Å². The van der Waals surface area contributed by atoms with E-state index in [1.54, 1.807) is 0 Å². The van der Waals surface area contributed by atoms with Crippen molar-refractivity contribution in [2.24, 2.45) is 5.41 Å². The molecule has 0 fully saturated rings. The van der Waals surface area contributed by atoms with Crippen molar-refractivity contribution in [1.82, 2.24) is 0 Å². The van der Waals surface area contributed by atoms with Crippen molar-refractivity contribution >= 4 is 87.4 Å². The molecule has 0 unspecified atom stereocenters. The Bertz CT molecular complexity index is 863. The number of thiol groups is 3. The van der Waals surface area contributed by atoms with Crippen LogP contribution in [0.4, 0.5) is 0 Å². The fourth-order valence-electron chi connectivity index (χ4n) is 3.64. The van der Waals surface area contributed by atoms with Gasteiger partial charge in [0.2, 0.25) is 0 Å². The molecule has 0 heterocycles. The monoisotopic (exact) mass is 750 g/mol. The molecule has 0 spiro atoms. The van der Waals surface area contributed by atoms with E-state index in [4.69, 9.17) is 37.0 Å². The SMILES string of the molecule is CO[Si](CCCCC(=O)SCCC(=O)OCC(COCCCOC(=O)CCS)(COC(=O)CCS)COC(=O)CCS)(OC)OC. The molecule has 0 saturated carbocycles. The summed E-state index contributed by atoms with van der Waals surface area (Å²) in [6.45, 7) is -0.596. The van der Waals surface area contributed by atoms with Gasteiger partial charge in [0.05, 0.1) is 44.3 Å². The molecule has 0 aromatic heterocycles. The van der Waals surface area contributed by atoms with Crippen LogP contribution in [0.25, 0.3) is 0 Å². The predicted octanol–water partition coefficient (Wildman–Crippen LogP) is 3.21. The second-order valence-electron chi connectivity index (χ2n) is 10.0. The number of esters is 4. The Balaban J connectivity index is 5.11. The Kier molecular flexibility index (Phi) is 27.3. The quantitative estimate of drug-likeness (QED) is 0.0337. The molecule has 0 aliphatic rings. The standard InChI is InChI=1S/C28H50O13S4Si/c1-34-46(35-2,36-3)18-5-4-7-27(33)45-17-11-26(32)41-22-28(20-39-24(30)9-15-43,21-40-25(31)10-16-44)19-37-12-6-13-38-23(29)8-14-42/h42-44H,4-22H2,1-3H3. The van der Waals surface area contributed by atoms with E-state index >= 15 is 0 Å². The van der Waals surface area contributed by atoms with Gasteiger partial charge < -0.3 is 37.0 Å². The molecule has 0 aromatic rings. The number of rotatable bonds is 29. The molecule has 268 valence electrons. The minimum absolute atomic E-state index is 0.0447. The summed E-state index contributed by atoms with van der Waals surface area (Å²) in [6.07, 6.45) is 2.28. The van der Waals surface area contributed by atoms with Crippen LogP contribution in [0.3, 0.4) is 0 Å². The molecule has 0 aliphatic heterocycles. The van der Waals surface area contributed by atoms with E-state index in [9.17, 15) is 24.0 Å². The lowest BCUT2D eigenvalue weighted by Crippen LogP contribution is -2.43. The molecule has 0 radical (unpaired) electrons. The first-order valence-corrected chi connectivity index (χ1v) is 19.7. The van der Waals surface area contributed by atoms with Gasteiger partial charge in [-0.2, -0.15) is 37.9 Å². The Hall–Kier alpha value is -0.993. The predicted molar refractivity (Wildman–Crippen MR) is 185 cm³/mol. The molecule has 13 nitrogen and oxygen atoms in total. The maximum absolute atomic E-state index is 12.6. The summed E-state index contributed by atoms with van der Waals surface area (Å²) in [5.74, 6) is -0.874. The van der Waals surface area contributed by atoms with Crippen molar-refractivity contribution < 1.29 is 60.9 Å². The lowest BCUT2D eigenvalue weighted by molar-refractivity contribution is -0.167. The van der Waals surface area contributed by atoms with Crippen LogP contribution in [0.15, 0.2) is 0 Å². The molecule has 0 N–H and O–H groups in total. The highest BCUT2D eigenvalue weighted by atomic mass is 32.2. The smallest absolute Gasteiger partial charge is 0.466 e. The first-order chi connectivity index (χ1) is 22.0. The minimum atomic E-state index is -2.68. The second kappa shape index (κ2) is 27.9. The summed E-state index contributed by atoms with van der Waals surface area (Å²) >= 11 is 13.1. The van der Waals surface area contributed by atoms with E-state index in [0.717, 1.165) is 11.8 Å². The number of ether oxygens (including phenoxy) is 5. The van der Waals surface area contributed by atoms with Gasteiger partial charge in [-0.1, -0.05) is 11.8 Å². The van der Waals surface area contributed by atoms with Crippen LogP contribution in [0.1, 0.15) is 51.4 Å². The summed E-state index contributed by atoms with van der Waals surface area (Å²) in [4.78, 5) is 60.8. The fraction of sp³-hybridized carbons (Fsp3) is 0.821. The Morgan fingerprint density at radius 1 is 0.587 bits per heavy atom. The largest absolute Gasteiger partial charge is 0.500 e. The summed E-state index contributed by atoms with van der Waals surface area (Å²) < 4.78 is 43.3. The van der Waals surface area contributed by atoms with Gasteiger partial charge in [-0.05, 0) is 12.8 Å². The maximum atomic E-state index is 12.6. The van der Waals surface area contributed by atoms with Crippen LogP contribution in [0.2, 0.25) is 6.04 Å². The molecule has 0 saturated heterocycles. The van der Waals surface area contributed by atoms with Gasteiger partial charge in [0, 0.05) is 69.8 Å². The minimum Gasteiger partial charge on any atom is -0.466 e. The van der Waals surface area contributed by atoms with E-state index in [1.807, 2.05) is 0 Å². The van der Waals surface area contributed by atoms with E-state index in [0.29, 0.717) is 37.5 Å². The Morgan fingerprint density at radius 2 is 1.07 bits per heavy atom. The number of carbonyl (C=O) groups excluding carboxylic acids is 5. The summed E-state index contributed by atoms with van der Waals surface area (Å²) in [6, 6.07) is 0.587. The molecule has 0 amide bonds. The second-order valence-corrected chi connectivity index (χ2v) is 15.6. The van der Waals surface area contributed by atoms with Crippen molar-refractivity contribution in [3.05, 3.63) is 0 Å². The van der Waals surface area contributed by atoms with Crippen LogP contribution in [-0.4, -0.2) is 122 Å². The van der Waals surface area contributed by atoms with Crippen molar-refractivity contribution in [2.45, 2.75) is 57.4 Å². The zero-order valence-electron chi connectivity index (χ0n) is 27.0. The van der Waals surface area contributed by atoms with E-state index in [-0.39, 0.29) is 93.7 Å². The first kappa shape index (κ1) is 45.0. The highest BCUT2D eigenvalue weighted by Crippen LogP contribution is 2.23. The van der Waals surface area contributed by atoms with Crippen molar-refractivity contribution in [2.75, 3.05) is 84.0 Å². The number of unbranched alkanes of at least 4 members (excludes halogenated alkanes) is 1. The molecular weight excluding hydrogens is 701 g/mol. The number of carbonyl (C=O) groups is 5. The molecule has 18 heteroatoms. The van der Waals surface area contributed by atoms with E-state index in [2.05, 4.69) is 37.9 Å². The van der Waals surface area contributed by atoms with Gasteiger partial charge in [-0.25, -0.2) is 0 Å². The van der Waals surface area contributed by atoms with Crippen molar-refractivity contribution in [1.29, 1.82) is 0 Å². The van der Waals surface area contributed by atoms with Gasteiger partial charge in [0.15, 0.2) is 5.12 Å². The molecule has 46 heavy (non-hydrogen) atoms. The number of thioether (sulfide) groups is 1. The molecule has 0 bridgehead atoms. The van der Waals surface area contributed by atoms with Crippen molar-refractivity contribution in [3.63, 3.8) is 0 Å². The van der Waals surface area contributed by atoms with E-state index < -0.39 is 32.1 Å². The third-order valence-corrected chi connectivity index (χ3v) is 10.7. The zero-order chi connectivity index (χ0) is 34.7. The van der Waals surface area contributed by atoms with Gasteiger partial charge >= 0.3 is 32.7 Å². The Morgan fingerprint density at radius 3 is 1.54 bits per heavy atom. The van der Waals surface area contributed by atoms with Gasteiger partial charge in [0.25, 0.3) is 0 Å². The van der Waals surface area contributed by atoms with Gasteiger partial charge in [0.1, 0.15) is 19.8 Å². The average Bonchev–Trinajstić information content (AvgIpc) is 3.04. The first-order valence-electron chi connectivity index (χ1n) is 14.9. The molecule has 0 aliphatic carbocycles.